The smallest absolute Gasteiger partial charge is 0.240 e. The molecule has 1 aromatic rings. The summed E-state index contributed by atoms with van der Waals surface area (Å²) in [6, 6.07) is 1.98. The topological polar surface area (TPSA) is 71.9 Å². The molecule has 0 spiro atoms. The molecule has 0 radical (unpaired) electrons. The molecule has 88 valence electrons. The van der Waals surface area contributed by atoms with Gasteiger partial charge in [-0.05, 0) is 19.8 Å². The maximum absolute atomic E-state index is 8.54. The van der Waals surface area contributed by atoms with Crippen molar-refractivity contribution < 1.29 is 9.26 Å². The van der Waals surface area contributed by atoms with Crippen molar-refractivity contribution in [3.05, 3.63) is 11.7 Å². The van der Waals surface area contributed by atoms with Gasteiger partial charge in [-0.2, -0.15) is 10.2 Å². The zero-order chi connectivity index (χ0) is 12.0. The molecule has 0 atom stereocenters. The fourth-order valence-electron chi connectivity index (χ4n) is 1.69. The summed E-state index contributed by atoms with van der Waals surface area (Å²) in [6.45, 7) is 6.60. The summed E-state index contributed by atoms with van der Waals surface area (Å²) in [5.74, 6) is 0.896. The predicted octanol–water partition coefficient (Wildman–Crippen LogP) is 2.19. The second kappa shape index (κ2) is 5.61. The summed E-state index contributed by atoms with van der Waals surface area (Å²) in [7, 11) is 0. The van der Waals surface area contributed by atoms with Crippen molar-refractivity contribution in [2.24, 2.45) is 0 Å². The zero-order valence-corrected chi connectivity index (χ0v) is 9.99. The summed E-state index contributed by atoms with van der Waals surface area (Å²) >= 11 is 0. The van der Waals surface area contributed by atoms with Crippen LogP contribution in [-0.2, 0) is 16.8 Å². The SMILES string of the molecule is CCOC(CC)(CC)c1noc(CC#N)n1. The number of nitrogens with zero attached hydrogens (tertiary/aromatic N) is 3. The van der Waals surface area contributed by atoms with Gasteiger partial charge in [-0.15, -0.1) is 0 Å². The van der Waals surface area contributed by atoms with Crippen molar-refractivity contribution in [1.82, 2.24) is 10.1 Å². The van der Waals surface area contributed by atoms with Crippen LogP contribution in [0.4, 0.5) is 0 Å². The molecule has 0 saturated carbocycles. The molecular weight excluding hydrogens is 206 g/mol. The van der Waals surface area contributed by atoms with Crippen LogP contribution in [0.15, 0.2) is 4.52 Å². The monoisotopic (exact) mass is 223 g/mol. The minimum atomic E-state index is -0.480. The van der Waals surface area contributed by atoms with Crippen molar-refractivity contribution in [3.63, 3.8) is 0 Å². The molecule has 1 aromatic heterocycles. The number of hydrogen-bond acceptors (Lipinski definition) is 5. The molecule has 5 heteroatoms. The van der Waals surface area contributed by atoms with Gasteiger partial charge in [0.05, 0.1) is 6.07 Å². The molecule has 0 bridgehead atoms. The molecule has 0 saturated heterocycles. The first-order valence-corrected chi connectivity index (χ1v) is 5.56. The summed E-state index contributed by atoms with van der Waals surface area (Å²) in [4.78, 5) is 4.21. The number of aromatic nitrogens is 2. The molecule has 16 heavy (non-hydrogen) atoms. The van der Waals surface area contributed by atoms with Gasteiger partial charge in [0.2, 0.25) is 11.7 Å². The second-order valence-corrected chi connectivity index (χ2v) is 3.48. The van der Waals surface area contributed by atoms with Crippen LogP contribution in [0, 0.1) is 11.3 Å². The molecule has 0 amide bonds. The molecule has 0 aliphatic heterocycles. The Morgan fingerprint density at radius 1 is 1.38 bits per heavy atom. The van der Waals surface area contributed by atoms with Gasteiger partial charge in [-0.25, -0.2) is 0 Å². The summed E-state index contributed by atoms with van der Waals surface area (Å²) < 4.78 is 10.7. The lowest BCUT2D eigenvalue weighted by Crippen LogP contribution is -2.29. The highest BCUT2D eigenvalue weighted by molar-refractivity contribution is 5.02. The molecule has 0 aliphatic rings. The Hall–Kier alpha value is -1.41. The van der Waals surface area contributed by atoms with Crippen molar-refractivity contribution in [2.75, 3.05) is 6.61 Å². The van der Waals surface area contributed by atoms with Gasteiger partial charge in [0.25, 0.3) is 0 Å². The Bertz CT molecular complexity index is 364. The minimum Gasteiger partial charge on any atom is -0.367 e. The van der Waals surface area contributed by atoms with Gasteiger partial charge in [0, 0.05) is 6.61 Å². The van der Waals surface area contributed by atoms with E-state index in [1.807, 2.05) is 26.8 Å². The third-order valence-corrected chi connectivity index (χ3v) is 2.67. The van der Waals surface area contributed by atoms with Gasteiger partial charge >= 0.3 is 0 Å². The Kier molecular flexibility index (Phi) is 4.44. The molecule has 0 unspecified atom stereocenters. The van der Waals surface area contributed by atoms with Crippen molar-refractivity contribution in [2.45, 2.75) is 45.6 Å². The van der Waals surface area contributed by atoms with E-state index in [1.165, 1.54) is 0 Å². The molecule has 0 fully saturated rings. The van der Waals surface area contributed by atoms with Gasteiger partial charge in [0.15, 0.2) is 0 Å². The van der Waals surface area contributed by atoms with Crippen molar-refractivity contribution in [3.8, 4) is 6.07 Å². The Morgan fingerprint density at radius 2 is 2.06 bits per heavy atom. The maximum atomic E-state index is 8.54. The second-order valence-electron chi connectivity index (χ2n) is 3.48. The largest absolute Gasteiger partial charge is 0.367 e. The molecule has 0 aliphatic carbocycles. The average molecular weight is 223 g/mol. The number of nitriles is 1. The van der Waals surface area contributed by atoms with E-state index in [0.29, 0.717) is 18.3 Å². The molecule has 0 aromatic carbocycles. The number of hydrogen-bond donors (Lipinski definition) is 0. The molecule has 1 heterocycles. The highest BCUT2D eigenvalue weighted by Crippen LogP contribution is 2.30. The molecule has 0 N–H and O–H groups in total. The van der Waals surface area contributed by atoms with E-state index in [2.05, 4.69) is 10.1 Å². The van der Waals surface area contributed by atoms with E-state index in [9.17, 15) is 0 Å². The van der Waals surface area contributed by atoms with Gasteiger partial charge in [0.1, 0.15) is 12.0 Å². The summed E-state index contributed by atoms with van der Waals surface area (Å²) in [5.41, 5.74) is -0.480. The van der Waals surface area contributed by atoms with Gasteiger partial charge in [-0.1, -0.05) is 19.0 Å². The predicted molar refractivity (Wildman–Crippen MR) is 57.5 cm³/mol. The van der Waals surface area contributed by atoms with Crippen LogP contribution in [0.2, 0.25) is 0 Å². The fraction of sp³-hybridized carbons (Fsp3) is 0.727. The highest BCUT2D eigenvalue weighted by Gasteiger charge is 2.34. The molecular formula is C11H17N3O2. The van der Waals surface area contributed by atoms with E-state index < -0.39 is 5.60 Å². The van der Waals surface area contributed by atoms with E-state index in [1.54, 1.807) is 0 Å². The van der Waals surface area contributed by atoms with Crippen molar-refractivity contribution in [1.29, 1.82) is 5.26 Å². The summed E-state index contributed by atoms with van der Waals surface area (Å²) in [5, 5.41) is 12.4. The van der Waals surface area contributed by atoms with Gasteiger partial charge < -0.3 is 9.26 Å². The van der Waals surface area contributed by atoms with E-state index in [4.69, 9.17) is 14.5 Å². The van der Waals surface area contributed by atoms with Crippen LogP contribution in [-0.4, -0.2) is 16.7 Å². The Morgan fingerprint density at radius 3 is 2.56 bits per heavy atom. The number of ether oxygens (including phenoxy) is 1. The van der Waals surface area contributed by atoms with Crippen LogP contribution in [0.3, 0.4) is 0 Å². The Labute approximate surface area is 95.4 Å². The first-order chi connectivity index (χ1) is 7.72. The maximum Gasteiger partial charge on any atom is 0.240 e. The van der Waals surface area contributed by atoms with Crippen LogP contribution < -0.4 is 0 Å². The lowest BCUT2D eigenvalue weighted by molar-refractivity contribution is -0.0583. The lowest BCUT2D eigenvalue weighted by atomic mass is 9.96. The average Bonchev–Trinajstić information content (AvgIpc) is 2.76. The first-order valence-electron chi connectivity index (χ1n) is 5.56. The van der Waals surface area contributed by atoms with Crippen molar-refractivity contribution >= 4 is 0 Å². The van der Waals surface area contributed by atoms with Crippen LogP contribution in [0.25, 0.3) is 0 Å². The minimum absolute atomic E-state index is 0.142. The van der Waals surface area contributed by atoms with E-state index in [0.717, 1.165) is 12.8 Å². The zero-order valence-electron chi connectivity index (χ0n) is 9.99. The molecule has 5 nitrogen and oxygen atoms in total. The van der Waals surface area contributed by atoms with E-state index in [-0.39, 0.29) is 6.42 Å². The molecule has 1 rings (SSSR count). The third kappa shape index (κ3) is 2.39. The van der Waals surface area contributed by atoms with Crippen LogP contribution in [0.1, 0.15) is 45.3 Å². The Balaban J connectivity index is 2.96. The highest BCUT2D eigenvalue weighted by atomic mass is 16.5. The summed E-state index contributed by atoms with van der Waals surface area (Å²) in [6.07, 6.45) is 1.70. The fourth-order valence-corrected chi connectivity index (χ4v) is 1.69. The first kappa shape index (κ1) is 12.7. The number of rotatable bonds is 6. The van der Waals surface area contributed by atoms with Gasteiger partial charge in [-0.3, -0.25) is 0 Å². The quantitative estimate of drug-likeness (QED) is 0.739. The lowest BCUT2D eigenvalue weighted by Gasteiger charge is -2.27. The van der Waals surface area contributed by atoms with E-state index >= 15 is 0 Å². The normalized spacial score (nSPS) is 11.4. The van der Waals surface area contributed by atoms with Crippen LogP contribution >= 0.6 is 0 Å². The third-order valence-electron chi connectivity index (χ3n) is 2.67. The standard InChI is InChI=1S/C11H17N3O2/c1-4-11(5-2,15-6-3)10-13-9(7-8-12)16-14-10/h4-7H2,1-3H3. The van der Waals surface area contributed by atoms with Crippen LogP contribution in [0.5, 0.6) is 0 Å².